The Morgan fingerprint density at radius 3 is 2.38 bits per heavy atom. The van der Waals surface area contributed by atoms with Gasteiger partial charge in [0.15, 0.2) is 0 Å². The summed E-state index contributed by atoms with van der Waals surface area (Å²) in [6, 6.07) is 7.71. The van der Waals surface area contributed by atoms with Gasteiger partial charge in [-0.25, -0.2) is 0 Å². The van der Waals surface area contributed by atoms with Crippen LogP contribution in [0.15, 0.2) is 18.2 Å². The predicted molar refractivity (Wildman–Crippen MR) is 69.8 cm³/mol. The molecule has 0 spiro atoms. The quantitative estimate of drug-likeness (QED) is 0.819. The van der Waals surface area contributed by atoms with E-state index < -0.39 is 0 Å². The van der Waals surface area contributed by atoms with Crippen molar-refractivity contribution in [2.24, 2.45) is 5.92 Å². The molecule has 0 aromatic heterocycles. The van der Waals surface area contributed by atoms with Gasteiger partial charge < -0.3 is 5.32 Å². The molecule has 1 aromatic rings. The lowest BCUT2D eigenvalue weighted by molar-refractivity contribution is 0.509. The first-order valence-corrected chi connectivity index (χ1v) is 6.42. The van der Waals surface area contributed by atoms with E-state index in [4.69, 9.17) is 0 Å². The summed E-state index contributed by atoms with van der Waals surface area (Å²) < 4.78 is 0. The first-order chi connectivity index (χ1) is 7.67. The van der Waals surface area contributed by atoms with Gasteiger partial charge in [-0.15, -0.1) is 0 Å². The lowest BCUT2D eigenvalue weighted by Gasteiger charge is -2.12. The summed E-state index contributed by atoms with van der Waals surface area (Å²) in [6.07, 6.45) is 5.36. The maximum absolute atomic E-state index is 3.40. The van der Waals surface area contributed by atoms with Crippen molar-refractivity contribution in [2.45, 2.75) is 45.6 Å². The molecule has 0 saturated heterocycles. The molecule has 2 atom stereocenters. The van der Waals surface area contributed by atoms with E-state index in [0.29, 0.717) is 0 Å². The Bertz CT molecular complexity index is 336. The van der Waals surface area contributed by atoms with Gasteiger partial charge in [0.2, 0.25) is 0 Å². The van der Waals surface area contributed by atoms with Crippen molar-refractivity contribution in [3.8, 4) is 0 Å². The summed E-state index contributed by atoms with van der Waals surface area (Å²) in [7, 11) is 2.09. The number of hydrogen-bond donors (Lipinski definition) is 1. The molecule has 0 aliphatic heterocycles. The Balaban J connectivity index is 1.99. The number of aryl methyl sites for hydroxylation is 2. The molecule has 1 N–H and O–H groups in total. The van der Waals surface area contributed by atoms with Gasteiger partial charge in [-0.2, -0.15) is 0 Å². The topological polar surface area (TPSA) is 12.0 Å². The molecule has 16 heavy (non-hydrogen) atoms. The first kappa shape index (κ1) is 11.7. The van der Waals surface area contributed by atoms with Crippen LogP contribution in [0.2, 0.25) is 0 Å². The van der Waals surface area contributed by atoms with Gasteiger partial charge >= 0.3 is 0 Å². The largest absolute Gasteiger partial charge is 0.317 e. The van der Waals surface area contributed by atoms with Crippen molar-refractivity contribution in [1.29, 1.82) is 0 Å². The van der Waals surface area contributed by atoms with Crippen LogP contribution in [-0.2, 0) is 6.42 Å². The molecule has 1 aliphatic rings. The molecule has 0 bridgehead atoms. The number of nitrogens with one attached hydrogen (secondary N) is 1. The third kappa shape index (κ3) is 2.85. The Labute approximate surface area is 99.3 Å². The minimum absolute atomic E-state index is 0.760. The van der Waals surface area contributed by atoms with Crippen molar-refractivity contribution in [3.63, 3.8) is 0 Å². The molecule has 0 heterocycles. The lowest BCUT2D eigenvalue weighted by Crippen LogP contribution is -2.21. The minimum Gasteiger partial charge on any atom is -0.317 e. The molecule has 1 saturated carbocycles. The summed E-state index contributed by atoms with van der Waals surface area (Å²) in [6.45, 7) is 4.39. The Hall–Kier alpha value is -0.820. The van der Waals surface area contributed by atoms with Gasteiger partial charge in [0.05, 0.1) is 0 Å². The maximum atomic E-state index is 3.40. The van der Waals surface area contributed by atoms with E-state index in [9.17, 15) is 0 Å². The van der Waals surface area contributed by atoms with E-state index in [-0.39, 0.29) is 0 Å². The Kier molecular flexibility index (Phi) is 3.65. The summed E-state index contributed by atoms with van der Waals surface area (Å²) in [5.41, 5.74) is 4.33. The molecule has 0 amide bonds. The molecule has 1 nitrogen and oxygen atoms in total. The Morgan fingerprint density at radius 1 is 1.12 bits per heavy atom. The van der Waals surface area contributed by atoms with Crippen LogP contribution in [0.3, 0.4) is 0 Å². The van der Waals surface area contributed by atoms with Crippen LogP contribution in [0.5, 0.6) is 0 Å². The number of rotatable bonds is 3. The van der Waals surface area contributed by atoms with Crippen molar-refractivity contribution in [2.75, 3.05) is 7.05 Å². The van der Waals surface area contributed by atoms with Crippen molar-refractivity contribution >= 4 is 0 Å². The SMILES string of the molecule is CNC1CCC(Cc2cc(C)cc(C)c2)C1. The highest BCUT2D eigenvalue weighted by Gasteiger charge is 2.23. The smallest absolute Gasteiger partial charge is 0.00669 e. The van der Waals surface area contributed by atoms with E-state index in [1.165, 1.54) is 42.4 Å². The zero-order chi connectivity index (χ0) is 11.5. The second-order valence-corrected chi connectivity index (χ2v) is 5.36. The molecule has 2 rings (SSSR count). The molecular weight excluding hydrogens is 194 g/mol. The van der Waals surface area contributed by atoms with Crippen LogP contribution >= 0.6 is 0 Å². The zero-order valence-corrected chi connectivity index (χ0v) is 10.7. The molecule has 1 fully saturated rings. The number of hydrogen-bond acceptors (Lipinski definition) is 1. The fourth-order valence-corrected chi connectivity index (χ4v) is 3.04. The van der Waals surface area contributed by atoms with Gasteiger partial charge in [0, 0.05) is 6.04 Å². The van der Waals surface area contributed by atoms with Crippen molar-refractivity contribution in [3.05, 3.63) is 34.9 Å². The van der Waals surface area contributed by atoms with Gasteiger partial charge in [0.1, 0.15) is 0 Å². The van der Waals surface area contributed by atoms with Crippen LogP contribution in [-0.4, -0.2) is 13.1 Å². The second-order valence-electron chi connectivity index (χ2n) is 5.36. The monoisotopic (exact) mass is 217 g/mol. The average Bonchev–Trinajstić information content (AvgIpc) is 2.64. The van der Waals surface area contributed by atoms with E-state index in [1.54, 1.807) is 0 Å². The summed E-state index contributed by atoms with van der Waals surface area (Å²) in [5.74, 6) is 0.888. The molecule has 1 heteroatoms. The third-order valence-corrected chi connectivity index (χ3v) is 3.76. The molecule has 1 aliphatic carbocycles. The van der Waals surface area contributed by atoms with Gasteiger partial charge in [0.25, 0.3) is 0 Å². The van der Waals surface area contributed by atoms with E-state index in [0.717, 1.165) is 12.0 Å². The van der Waals surface area contributed by atoms with Crippen LogP contribution in [0.1, 0.15) is 36.0 Å². The summed E-state index contributed by atoms with van der Waals surface area (Å²) >= 11 is 0. The van der Waals surface area contributed by atoms with Crippen molar-refractivity contribution in [1.82, 2.24) is 5.32 Å². The first-order valence-electron chi connectivity index (χ1n) is 6.42. The standard InChI is InChI=1S/C15H23N/c1-11-6-12(2)8-14(7-11)9-13-4-5-15(10-13)16-3/h6-8,13,15-16H,4-5,9-10H2,1-3H3. The van der Waals surface area contributed by atoms with Crippen molar-refractivity contribution < 1.29 is 0 Å². The van der Waals surface area contributed by atoms with E-state index in [1.807, 2.05) is 0 Å². The van der Waals surface area contributed by atoms with Crippen LogP contribution in [0.25, 0.3) is 0 Å². The summed E-state index contributed by atoms with van der Waals surface area (Å²) in [5, 5.41) is 3.40. The molecule has 88 valence electrons. The molecule has 0 radical (unpaired) electrons. The highest BCUT2D eigenvalue weighted by atomic mass is 14.9. The normalized spacial score (nSPS) is 24.9. The zero-order valence-electron chi connectivity index (χ0n) is 10.7. The number of benzene rings is 1. The maximum Gasteiger partial charge on any atom is 0.00669 e. The van der Waals surface area contributed by atoms with Gasteiger partial charge in [-0.3, -0.25) is 0 Å². The highest BCUT2D eigenvalue weighted by Crippen LogP contribution is 2.28. The van der Waals surface area contributed by atoms with Gasteiger partial charge in [-0.05, 0) is 58.1 Å². The predicted octanol–water partition coefficient (Wildman–Crippen LogP) is 3.23. The molecule has 1 aromatic carbocycles. The van der Waals surface area contributed by atoms with E-state index in [2.05, 4.69) is 44.4 Å². The third-order valence-electron chi connectivity index (χ3n) is 3.76. The molecular formula is C15H23N. The average molecular weight is 217 g/mol. The van der Waals surface area contributed by atoms with Crippen LogP contribution in [0, 0.1) is 19.8 Å². The molecule has 2 unspecified atom stereocenters. The second kappa shape index (κ2) is 5.01. The van der Waals surface area contributed by atoms with E-state index >= 15 is 0 Å². The highest BCUT2D eigenvalue weighted by molar-refractivity contribution is 5.28. The minimum atomic E-state index is 0.760. The Morgan fingerprint density at radius 2 is 1.81 bits per heavy atom. The fourth-order valence-electron chi connectivity index (χ4n) is 3.04. The summed E-state index contributed by atoms with van der Waals surface area (Å²) in [4.78, 5) is 0. The lowest BCUT2D eigenvalue weighted by atomic mass is 9.95. The van der Waals surface area contributed by atoms with Crippen LogP contribution < -0.4 is 5.32 Å². The van der Waals surface area contributed by atoms with Crippen LogP contribution in [0.4, 0.5) is 0 Å². The fraction of sp³-hybridized carbons (Fsp3) is 0.600. The van der Waals surface area contributed by atoms with Gasteiger partial charge in [-0.1, -0.05) is 29.3 Å².